The Morgan fingerprint density at radius 1 is 0.500 bits per heavy atom. The summed E-state index contributed by atoms with van der Waals surface area (Å²) in [5, 5.41) is 26.2. The number of aromatic nitrogens is 1. The molecule has 0 bridgehead atoms. The molecule has 148 valence electrons. The van der Waals surface area contributed by atoms with Gasteiger partial charge < -0.3 is 5.11 Å². The lowest BCUT2D eigenvalue weighted by Gasteiger charge is -2.19. The Labute approximate surface area is 180 Å². The van der Waals surface area contributed by atoms with Gasteiger partial charge in [-0.1, -0.05) is 48.5 Å². The van der Waals surface area contributed by atoms with Gasteiger partial charge in [-0.2, -0.15) is 0 Å². The van der Waals surface area contributed by atoms with Gasteiger partial charge in [-0.15, -0.1) is 0 Å². The van der Waals surface area contributed by atoms with Crippen molar-refractivity contribution in [2.24, 2.45) is 0 Å². The van der Waals surface area contributed by atoms with Crippen LogP contribution >= 0.6 is 0 Å². The standard InChI is InChI=1S/C29H15NO2/c31-24-13-20-22-11-18-7-5-15-9-14-3-1-2-4-19(14)21-10-17-8-6-16(12-23(20)29(32)30-24)26(22)28(17)27(18)25(15)21/h1-13H,(H2,30,31,32). The molecule has 0 spiro atoms. The summed E-state index contributed by atoms with van der Waals surface area (Å²) in [7, 11) is 0. The third-order valence-corrected chi connectivity index (χ3v) is 7.14. The predicted molar refractivity (Wildman–Crippen MR) is 134 cm³/mol. The summed E-state index contributed by atoms with van der Waals surface area (Å²) in [5.41, 5.74) is -0.298. The Bertz CT molecular complexity index is 2120. The molecule has 0 aliphatic rings. The highest BCUT2D eigenvalue weighted by molar-refractivity contribution is 6.40. The first-order valence-electron chi connectivity index (χ1n) is 10.7. The molecule has 2 N–H and O–H groups in total. The molecule has 3 heteroatoms. The molecule has 1 heterocycles. The van der Waals surface area contributed by atoms with Crippen molar-refractivity contribution in [2.45, 2.75) is 0 Å². The van der Waals surface area contributed by atoms with E-state index in [1.807, 2.05) is 6.07 Å². The number of benzene rings is 7. The van der Waals surface area contributed by atoms with Crippen molar-refractivity contribution in [3.8, 4) is 5.88 Å². The Balaban J connectivity index is 1.75. The van der Waals surface area contributed by atoms with Crippen LogP contribution in [0.25, 0.3) is 75.4 Å². The zero-order chi connectivity index (χ0) is 21.1. The number of aromatic hydroxyl groups is 1. The van der Waals surface area contributed by atoms with E-state index in [4.69, 9.17) is 0 Å². The molecule has 1 aromatic heterocycles. The third-order valence-electron chi connectivity index (χ3n) is 7.14. The maximum absolute atomic E-state index is 12.2. The van der Waals surface area contributed by atoms with Crippen LogP contribution in [0, 0.1) is 0 Å². The van der Waals surface area contributed by atoms with Crippen LogP contribution in [-0.4, -0.2) is 10.1 Å². The fraction of sp³-hybridized carbons (Fsp3) is 0. The van der Waals surface area contributed by atoms with Crippen molar-refractivity contribution in [3.63, 3.8) is 0 Å². The first-order chi connectivity index (χ1) is 15.7. The highest BCUT2D eigenvalue weighted by Gasteiger charge is 2.19. The molecule has 8 rings (SSSR count). The van der Waals surface area contributed by atoms with Crippen LogP contribution in [0.5, 0.6) is 5.88 Å². The highest BCUT2D eigenvalue weighted by atomic mass is 16.3. The summed E-state index contributed by atoms with van der Waals surface area (Å²) in [6.07, 6.45) is 0. The zero-order valence-electron chi connectivity index (χ0n) is 16.9. The van der Waals surface area contributed by atoms with Gasteiger partial charge in [0, 0.05) is 16.8 Å². The molecule has 0 amide bonds. The van der Waals surface area contributed by atoms with Crippen LogP contribution in [0.1, 0.15) is 0 Å². The first-order valence-corrected chi connectivity index (χ1v) is 10.7. The summed E-state index contributed by atoms with van der Waals surface area (Å²) in [4.78, 5) is 14.7. The molecule has 0 radical (unpaired) electrons. The van der Waals surface area contributed by atoms with Gasteiger partial charge in [0.15, 0.2) is 5.88 Å². The molecule has 0 aliphatic carbocycles. The average molecular weight is 409 g/mol. The van der Waals surface area contributed by atoms with E-state index in [-0.39, 0.29) is 11.4 Å². The van der Waals surface area contributed by atoms with Gasteiger partial charge in [0.25, 0.3) is 5.56 Å². The maximum Gasteiger partial charge on any atom is 0.251 e. The van der Waals surface area contributed by atoms with Crippen LogP contribution in [0.3, 0.4) is 0 Å². The van der Waals surface area contributed by atoms with Crippen molar-refractivity contribution in [1.82, 2.24) is 4.98 Å². The van der Waals surface area contributed by atoms with E-state index in [9.17, 15) is 9.90 Å². The molecule has 0 atom stereocenters. The van der Waals surface area contributed by atoms with Crippen LogP contribution in [0.2, 0.25) is 0 Å². The van der Waals surface area contributed by atoms with Crippen LogP contribution in [0.15, 0.2) is 83.7 Å². The zero-order valence-corrected chi connectivity index (χ0v) is 16.9. The molecular formula is C29H15NO2. The van der Waals surface area contributed by atoms with Gasteiger partial charge in [0.05, 0.1) is 0 Å². The summed E-state index contributed by atoms with van der Waals surface area (Å²) in [6.45, 7) is 0. The second-order valence-corrected chi connectivity index (χ2v) is 8.79. The molecule has 0 fully saturated rings. The largest absolute Gasteiger partial charge is 0.494 e. The van der Waals surface area contributed by atoms with E-state index in [0.717, 1.165) is 26.9 Å². The minimum Gasteiger partial charge on any atom is -0.494 e. The van der Waals surface area contributed by atoms with Crippen molar-refractivity contribution in [1.29, 1.82) is 0 Å². The number of H-pyrrole nitrogens is 1. The van der Waals surface area contributed by atoms with Crippen molar-refractivity contribution in [2.75, 3.05) is 0 Å². The van der Waals surface area contributed by atoms with E-state index in [1.165, 1.54) is 43.1 Å². The second kappa shape index (κ2) is 5.27. The van der Waals surface area contributed by atoms with Gasteiger partial charge in [-0.05, 0) is 88.9 Å². The fourth-order valence-corrected chi connectivity index (χ4v) is 5.87. The quantitative estimate of drug-likeness (QED) is 0.209. The lowest BCUT2D eigenvalue weighted by atomic mass is 9.84. The number of fused-ring (bicyclic) bond motifs is 4. The number of pyridine rings is 1. The van der Waals surface area contributed by atoms with E-state index in [1.54, 1.807) is 6.07 Å². The maximum atomic E-state index is 12.2. The monoisotopic (exact) mass is 409 g/mol. The van der Waals surface area contributed by atoms with Crippen molar-refractivity contribution >= 4 is 75.4 Å². The summed E-state index contributed by atoms with van der Waals surface area (Å²) < 4.78 is 0. The predicted octanol–water partition coefficient (Wildman–Crippen LogP) is 7.03. The van der Waals surface area contributed by atoms with Crippen molar-refractivity contribution in [3.05, 3.63) is 89.2 Å². The molecule has 0 aliphatic heterocycles. The van der Waals surface area contributed by atoms with Crippen LogP contribution < -0.4 is 5.56 Å². The molecule has 0 unspecified atom stereocenters. The van der Waals surface area contributed by atoms with Crippen molar-refractivity contribution < 1.29 is 5.11 Å². The van der Waals surface area contributed by atoms with Gasteiger partial charge in [-0.3, -0.25) is 9.78 Å². The minimum absolute atomic E-state index is 0.0820. The van der Waals surface area contributed by atoms with E-state index in [0.29, 0.717) is 5.39 Å². The Kier molecular flexibility index (Phi) is 2.69. The number of nitrogens with one attached hydrogen (secondary N) is 1. The van der Waals surface area contributed by atoms with Gasteiger partial charge in [0.1, 0.15) is 0 Å². The van der Waals surface area contributed by atoms with Gasteiger partial charge in [-0.25, -0.2) is 0 Å². The highest BCUT2D eigenvalue weighted by Crippen LogP contribution is 2.47. The average Bonchev–Trinajstić information content (AvgIpc) is 2.81. The molecule has 3 nitrogen and oxygen atoms in total. The molecule has 8 aromatic rings. The number of hydrogen-bond donors (Lipinski definition) is 2. The Morgan fingerprint density at radius 3 is 1.78 bits per heavy atom. The summed E-state index contributed by atoms with van der Waals surface area (Å²) in [6, 6.07) is 27.6. The minimum atomic E-state index is -0.298. The van der Waals surface area contributed by atoms with Crippen LogP contribution in [0.4, 0.5) is 0 Å². The first kappa shape index (κ1) is 16.3. The third kappa shape index (κ3) is 1.81. The van der Waals surface area contributed by atoms with Gasteiger partial charge >= 0.3 is 0 Å². The summed E-state index contributed by atoms with van der Waals surface area (Å²) in [5.74, 6) is -0.0820. The topological polar surface area (TPSA) is 53.1 Å². The molecule has 0 saturated carbocycles. The van der Waals surface area contributed by atoms with Crippen LogP contribution in [-0.2, 0) is 0 Å². The number of rotatable bonds is 0. The Hall–Kier alpha value is -4.37. The lowest BCUT2D eigenvalue weighted by molar-refractivity contribution is 0.459. The van der Waals surface area contributed by atoms with E-state index < -0.39 is 0 Å². The fourth-order valence-electron chi connectivity index (χ4n) is 5.87. The van der Waals surface area contributed by atoms with E-state index in [2.05, 4.69) is 71.7 Å². The van der Waals surface area contributed by atoms with Gasteiger partial charge in [0.2, 0.25) is 0 Å². The normalized spacial score (nSPS) is 12.6. The lowest BCUT2D eigenvalue weighted by Crippen LogP contribution is -2.03. The summed E-state index contributed by atoms with van der Waals surface area (Å²) >= 11 is 0. The number of aromatic amines is 1. The molecule has 0 saturated heterocycles. The number of hydrogen-bond acceptors (Lipinski definition) is 2. The smallest absolute Gasteiger partial charge is 0.251 e. The second-order valence-electron chi connectivity index (χ2n) is 8.79. The molecule has 7 aromatic carbocycles. The SMILES string of the molecule is O=c1cc2c(cc3ccc4cc5c6ccccc6cc6ccc7cc2c3c4c7c65)c(O)[nH]1. The van der Waals surface area contributed by atoms with E-state index >= 15 is 0 Å². The molecular weight excluding hydrogens is 394 g/mol. The Morgan fingerprint density at radius 2 is 1.06 bits per heavy atom. The molecule has 32 heavy (non-hydrogen) atoms.